The third kappa shape index (κ3) is 3.68. The maximum absolute atomic E-state index is 13.2. The van der Waals surface area contributed by atoms with Gasteiger partial charge >= 0.3 is 0 Å². The van der Waals surface area contributed by atoms with Crippen molar-refractivity contribution in [3.8, 4) is 5.75 Å². The van der Waals surface area contributed by atoms with E-state index in [2.05, 4.69) is 0 Å². The van der Waals surface area contributed by atoms with Gasteiger partial charge in [0.05, 0.1) is 18.7 Å². The predicted molar refractivity (Wildman–Crippen MR) is 120 cm³/mol. The molecule has 156 valence electrons. The van der Waals surface area contributed by atoms with Crippen LogP contribution < -0.4 is 9.64 Å². The van der Waals surface area contributed by atoms with E-state index in [1.165, 1.54) is 4.90 Å². The standard InChI is InChI=1S/C25H20ClNO4/c1-15-6-3-4-9-20(15)27-22(16-10-12-19(31-2)13-11-16)21(24(29)25(27)30)23(28)17-7-5-8-18(26)14-17/h3-14,22,28H,1-2H3/b23-21-. The molecule has 0 radical (unpaired) electrons. The van der Waals surface area contributed by atoms with Crippen molar-refractivity contribution in [3.63, 3.8) is 0 Å². The van der Waals surface area contributed by atoms with Gasteiger partial charge in [-0.1, -0.05) is 54.1 Å². The van der Waals surface area contributed by atoms with Gasteiger partial charge in [-0.25, -0.2) is 0 Å². The van der Waals surface area contributed by atoms with Crippen molar-refractivity contribution in [2.75, 3.05) is 12.0 Å². The molecule has 4 rings (SSSR count). The maximum atomic E-state index is 13.2. The van der Waals surface area contributed by atoms with Crippen molar-refractivity contribution in [3.05, 3.63) is 100 Å². The van der Waals surface area contributed by atoms with Crippen molar-refractivity contribution in [2.24, 2.45) is 0 Å². The quantitative estimate of drug-likeness (QED) is 0.345. The van der Waals surface area contributed by atoms with E-state index in [0.717, 1.165) is 5.56 Å². The number of aryl methyl sites for hydroxylation is 1. The van der Waals surface area contributed by atoms with Gasteiger partial charge in [-0.05, 0) is 48.4 Å². The highest BCUT2D eigenvalue weighted by Crippen LogP contribution is 2.43. The molecule has 1 unspecified atom stereocenters. The van der Waals surface area contributed by atoms with Crippen LogP contribution in [-0.4, -0.2) is 23.9 Å². The molecule has 1 atom stereocenters. The number of methoxy groups -OCH3 is 1. The second kappa shape index (κ2) is 8.28. The number of aliphatic hydroxyl groups is 1. The van der Waals surface area contributed by atoms with Crippen LogP contribution in [0.4, 0.5) is 5.69 Å². The Labute approximate surface area is 185 Å². The Bertz CT molecular complexity index is 1200. The van der Waals surface area contributed by atoms with Gasteiger partial charge in [0.1, 0.15) is 11.5 Å². The summed E-state index contributed by atoms with van der Waals surface area (Å²) in [6.07, 6.45) is 0. The summed E-state index contributed by atoms with van der Waals surface area (Å²) in [4.78, 5) is 27.7. The SMILES string of the molecule is COc1ccc(C2/C(=C(/O)c3cccc(Cl)c3)C(=O)C(=O)N2c2ccccc2C)cc1. The number of halogens is 1. The summed E-state index contributed by atoms with van der Waals surface area (Å²) in [5.74, 6) is -1.07. The van der Waals surface area contributed by atoms with E-state index >= 15 is 0 Å². The Hall–Kier alpha value is -3.57. The van der Waals surface area contributed by atoms with Crippen LogP contribution in [0.25, 0.3) is 5.76 Å². The van der Waals surface area contributed by atoms with Crippen molar-refractivity contribution < 1.29 is 19.4 Å². The molecule has 1 N–H and O–H groups in total. The zero-order chi connectivity index (χ0) is 22.1. The number of para-hydroxylation sites is 1. The van der Waals surface area contributed by atoms with Gasteiger partial charge in [0.25, 0.3) is 11.7 Å². The molecule has 0 spiro atoms. The van der Waals surface area contributed by atoms with Gasteiger partial charge in [0, 0.05) is 16.3 Å². The lowest BCUT2D eigenvalue weighted by Gasteiger charge is -2.27. The predicted octanol–water partition coefficient (Wildman–Crippen LogP) is 5.28. The summed E-state index contributed by atoms with van der Waals surface area (Å²) in [6.45, 7) is 1.87. The van der Waals surface area contributed by atoms with Gasteiger partial charge in [-0.15, -0.1) is 0 Å². The van der Waals surface area contributed by atoms with Crippen LogP contribution in [0, 0.1) is 6.92 Å². The van der Waals surface area contributed by atoms with Gasteiger partial charge in [0.2, 0.25) is 0 Å². The molecule has 0 saturated carbocycles. The lowest BCUT2D eigenvalue weighted by atomic mass is 9.95. The van der Waals surface area contributed by atoms with Crippen LogP contribution in [0.1, 0.15) is 22.7 Å². The van der Waals surface area contributed by atoms with Crippen molar-refractivity contribution >= 4 is 34.7 Å². The van der Waals surface area contributed by atoms with Crippen LogP contribution in [0.2, 0.25) is 5.02 Å². The summed E-state index contributed by atoms with van der Waals surface area (Å²) in [5.41, 5.74) is 2.50. The van der Waals surface area contributed by atoms with Crippen LogP contribution in [0.15, 0.2) is 78.4 Å². The highest BCUT2D eigenvalue weighted by atomic mass is 35.5. The van der Waals surface area contributed by atoms with E-state index in [1.54, 1.807) is 61.7 Å². The lowest BCUT2D eigenvalue weighted by Crippen LogP contribution is -2.30. The fourth-order valence-corrected chi connectivity index (χ4v) is 4.00. The average Bonchev–Trinajstić information content (AvgIpc) is 3.04. The van der Waals surface area contributed by atoms with E-state index in [9.17, 15) is 14.7 Å². The van der Waals surface area contributed by atoms with Gasteiger partial charge < -0.3 is 9.84 Å². The largest absolute Gasteiger partial charge is 0.507 e. The number of Topliss-reactive ketones (excluding diaryl/α,β-unsaturated/α-hetero) is 1. The topological polar surface area (TPSA) is 66.8 Å². The number of amides is 1. The number of carbonyl (C=O) groups excluding carboxylic acids is 2. The molecule has 5 nitrogen and oxygen atoms in total. The molecule has 1 aliphatic heterocycles. The normalized spacial score (nSPS) is 17.8. The monoisotopic (exact) mass is 433 g/mol. The summed E-state index contributed by atoms with van der Waals surface area (Å²) >= 11 is 6.08. The van der Waals surface area contributed by atoms with E-state index in [-0.39, 0.29) is 11.3 Å². The van der Waals surface area contributed by atoms with E-state index in [4.69, 9.17) is 16.3 Å². The fraction of sp³-hybridized carbons (Fsp3) is 0.120. The smallest absolute Gasteiger partial charge is 0.300 e. The lowest BCUT2D eigenvalue weighted by molar-refractivity contribution is -0.132. The minimum absolute atomic E-state index is 0.0145. The van der Waals surface area contributed by atoms with Crippen LogP contribution in [0.3, 0.4) is 0 Å². The first kappa shape index (κ1) is 20.7. The molecule has 1 heterocycles. The molecule has 1 fully saturated rings. The summed E-state index contributed by atoms with van der Waals surface area (Å²) < 4.78 is 5.24. The molecule has 1 saturated heterocycles. The molecule has 3 aromatic carbocycles. The molecule has 1 amide bonds. The van der Waals surface area contributed by atoms with Gasteiger partial charge in [0.15, 0.2) is 0 Å². The number of benzene rings is 3. The molecule has 31 heavy (non-hydrogen) atoms. The second-order valence-corrected chi connectivity index (χ2v) is 7.68. The zero-order valence-corrected chi connectivity index (χ0v) is 17.8. The average molecular weight is 434 g/mol. The minimum Gasteiger partial charge on any atom is -0.507 e. The number of rotatable bonds is 4. The molecule has 1 aliphatic rings. The molecule has 0 aromatic heterocycles. The first-order valence-corrected chi connectivity index (χ1v) is 10.1. The number of ketones is 1. The molecular formula is C25H20ClNO4. The van der Waals surface area contributed by atoms with Crippen LogP contribution in [-0.2, 0) is 9.59 Å². The molecule has 0 bridgehead atoms. The molecule has 0 aliphatic carbocycles. The Morgan fingerprint density at radius 3 is 2.35 bits per heavy atom. The van der Waals surface area contributed by atoms with Gasteiger partial charge in [-0.3, -0.25) is 14.5 Å². The molecular weight excluding hydrogens is 414 g/mol. The molecule has 3 aromatic rings. The Morgan fingerprint density at radius 2 is 1.71 bits per heavy atom. The minimum atomic E-state index is -0.800. The Morgan fingerprint density at radius 1 is 1.00 bits per heavy atom. The maximum Gasteiger partial charge on any atom is 0.300 e. The van der Waals surface area contributed by atoms with Crippen LogP contribution >= 0.6 is 11.6 Å². The van der Waals surface area contributed by atoms with Crippen LogP contribution in [0.5, 0.6) is 5.75 Å². The first-order valence-electron chi connectivity index (χ1n) is 9.69. The number of hydrogen-bond donors (Lipinski definition) is 1. The third-order valence-corrected chi connectivity index (χ3v) is 5.58. The number of anilines is 1. The highest BCUT2D eigenvalue weighted by Gasteiger charge is 2.47. The Kier molecular flexibility index (Phi) is 5.53. The highest BCUT2D eigenvalue weighted by molar-refractivity contribution is 6.51. The summed E-state index contributed by atoms with van der Waals surface area (Å²) in [6, 6.07) is 20.2. The van der Waals surface area contributed by atoms with Crippen molar-refractivity contribution in [2.45, 2.75) is 13.0 Å². The second-order valence-electron chi connectivity index (χ2n) is 7.24. The van der Waals surface area contributed by atoms with Gasteiger partial charge in [-0.2, -0.15) is 0 Å². The fourth-order valence-electron chi connectivity index (χ4n) is 3.81. The number of ether oxygens (including phenoxy) is 1. The number of hydrogen-bond acceptors (Lipinski definition) is 4. The number of carbonyl (C=O) groups is 2. The van der Waals surface area contributed by atoms with Crippen molar-refractivity contribution in [1.29, 1.82) is 0 Å². The van der Waals surface area contributed by atoms with E-state index < -0.39 is 17.7 Å². The van der Waals surface area contributed by atoms with Crippen molar-refractivity contribution in [1.82, 2.24) is 0 Å². The summed E-state index contributed by atoms with van der Waals surface area (Å²) in [7, 11) is 1.56. The number of aliphatic hydroxyl groups excluding tert-OH is 1. The molecule has 6 heteroatoms. The zero-order valence-electron chi connectivity index (χ0n) is 17.0. The first-order chi connectivity index (χ1) is 14.9. The Balaban J connectivity index is 1.96. The van der Waals surface area contributed by atoms with E-state index in [0.29, 0.717) is 27.6 Å². The summed E-state index contributed by atoms with van der Waals surface area (Å²) in [5, 5.41) is 11.5. The van der Waals surface area contributed by atoms with E-state index in [1.807, 2.05) is 25.1 Å². The number of nitrogens with zero attached hydrogens (tertiary/aromatic N) is 1. The third-order valence-electron chi connectivity index (χ3n) is 5.35.